The fourth-order valence-electron chi connectivity index (χ4n) is 2.46. The van der Waals surface area contributed by atoms with E-state index in [1.807, 2.05) is 12.1 Å². The third kappa shape index (κ3) is 1.70. The van der Waals surface area contributed by atoms with Crippen LogP contribution in [0.2, 0.25) is 0 Å². The Morgan fingerprint density at radius 1 is 1.22 bits per heavy atom. The van der Waals surface area contributed by atoms with Gasteiger partial charge < -0.3 is 4.42 Å². The van der Waals surface area contributed by atoms with Gasteiger partial charge in [-0.3, -0.25) is 4.57 Å². The second kappa shape index (κ2) is 4.29. The second-order valence-corrected chi connectivity index (χ2v) is 4.47. The molecule has 1 aromatic carbocycles. The van der Waals surface area contributed by atoms with Crippen molar-refractivity contribution in [1.29, 1.82) is 0 Å². The van der Waals surface area contributed by atoms with Crippen LogP contribution in [0.15, 0.2) is 50.4 Å². The fraction of sp³-hybridized carbons (Fsp3) is 0.286. The van der Waals surface area contributed by atoms with E-state index in [-0.39, 0.29) is 6.04 Å². The largest absolute Gasteiger partial charge is 0.422 e. The average Bonchev–Trinajstić information content (AvgIpc) is 2.40. The SMILES string of the molecule is O=c1oc(=O)n(C2C=CCCC2)c2ccccc12. The third-order valence-electron chi connectivity index (χ3n) is 3.32. The average molecular weight is 243 g/mol. The minimum absolute atomic E-state index is 0.0134. The van der Waals surface area contributed by atoms with E-state index in [9.17, 15) is 9.59 Å². The lowest BCUT2D eigenvalue weighted by atomic mass is 10.0. The number of benzene rings is 1. The maximum Gasteiger partial charge on any atom is 0.422 e. The van der Waals surface area contributed by atoms with Crippen LogP contribution >= 0.6 is 0 Å². The number of aromatic nitrogens is 1. The summed E-state index contributed by atoms with van der Waals surface area (Å²) < 4.78 is 6.37. The van der Waals surface area contributed by atoms with E-state index in [2.05, 4.69) is 6.08 Å². The highest BCUT2D eigenvalue weighted by Gasteiger charge is 2.17. The molecule has 1 aromatic heterocycles. The van der Waals surface area contributed by atoms with Crippen molar-refractivity contribution >= 4 is 10.9 Å². The molecule has 1 aliphatic carbocycles. The molecule has 1 unspecified atom stereocenters. The summed E-state index contributed by atoms with van der Waals surface area (Å²) in [6.45, 7) is 0. The van der Waals surface area contributed by atoms with Gasteiger partial charge in [0.05, 0.1) is 16.9 Å². The van der Waals surface area contributed by atoms with Crippen molar-refractivity contribution in [1.82, 2.24) is 4.57 Å². The van der Waals surface area contributed by atoms with Gasteiger partial charge in [-0.25, -0.2) is 9.59 Å². The lowest BCUT2D eigenvalue weighted by Crippen LogP contribution is -2.28. The molecule has 18 heavy (non-hydrogen) atoms. The zero-order valence-corrected chi connectivity index (χ0v) is 9.83. The van der Waals surface area contributed by atoms with E-state index < -0.39 is 11.4 Å². The van der Waals surface area contributed by atoms with Crippen LogP contribution in [0.25, 0.3) is 10.9 Å². The molecule has 0 amide bonds. The summed E-state index contributed by atoms with van der Waals surface area (Å²) in [5.74, 6) is -0.574. The number of nitrogens with zero attached hydrogens (tertiary/aromatic N) is 1. The van der Waals surface area contributed by atoms with Crippen molar-refractivity contribution in [3.8, 4) is 0 Å². The zero-order chi connectivity index (χ0) is 12.5. The first-order chi connectivity index (χ1) is 8.77. The Bertz CT molecular complexity index is 724. The highest BCUT2D eigenvalue weighted by molar-refractivity contribution is 5.77. The third-order valence-corrected chi connectivity index (χ3v) is 3.32. The van der Waals surface area contributed by atoms with E-state index >= 15 is 0 Å². The number of rotatable bonds is 1. The van der Waals surface area contributed by atoms with Gasteiger partial charge >= 0.3 is 11.4 Å². The molecule has 0 aliphatic heterocycles. The highest BCUT2D eigenvalue weighted by atomic mass is 16.4. The molecule has 1 aliphatic rings. The molecule has 1 atom stereocenters. The Labute approximate surface area is 103 Å². The monoisotopic (exact) mass is 243 g/mol. The first kappa shape index (κ1) is 11.0. The highest BCUT2D eigenvalue weighted by Crippen LogP contribution is 2.23. The summed E-state index contributed by atoms with van der Waals surface area (Å²) in [4.78, 5) is 23.6. The van der Waals surface area contributed by atoms with E-state index in [1.54, 1.807) is 22.8 Å². The summed E-state index contributed by atoms with van der Waals surface area (Å²) in [6, 6.07) is 7.05. The molecule has 0 radical (unpaired) electrons. The van der Waals surface area contributed by atoms with Crippen LogP contribution in [0.4, 0.5) is 0 Å². The molecule has 0 saturated heterocycles. The van der Waals surface area contributed by atoms with Gasteiger partial charge in [0.25, 0.3) is 0 Å². The van der Waals surface area contributed by atoms with E-state index in [0.29, 0.717) is 10.9 Å². The molecule has 92 valence electrons. The van der Waals surface area contributed by atoms with E-state index in [0.717, 1.165) is 19.3 Å². The maximum absolute atomic E-state index is 11.9. The molecule has 0 bridgehead atoms. The predicted octanol–water partition coefficient (Wildman–Crippen LogP) is 2.24. The van der Waals surface area contributed by atoms with Crippen molar-refractivity contribution < 1.29 is 4.42 Å². The summed E-state index contributed by atoms with van der Waals surface area (Å²) in [7, 11) is 0. The molecule has 4 nitrogen and oxygen atoms in total. The quantitative estimate of drug-likeness (QED) is 0.722. The molecule has 0 saturated carbocycles. The van der Waals surface area contributed by atoms with Crippen LogP contribution in [-0.2, 0) is 0 Å². The summed E-state index contributed by atoms with van der Waals surface area (Å²) in [5.41, 5.74) is 0.0851. The van der Waals surface area contributed by atoms with E-state index in [1.165, 1.54) is 0 Å². The van der Waals surface area contributed by atoms with Crippen molar-refractivity contribution in [2.24, 2.45) is 0 Å². The number of para-hydroxylation sites is 1. The predicted molar refractivity (Wildman–Crippen MR) is 68.8 cm³/mol. The summed E-state index contributed by atoms with van der Waals surface area (Å²) in [6.07, 6.45) is 7.06. The minimum Gasteiger partial charge on any atom is -0.372 e. The van der Waals surface area contributed by atoms with Gasteiger partial charge in [0, 0.05) is 0 Å². The van der Waals surface area contributed by atoms with Crippen molar-refractivity contribution in [2.75, 3.05) is 0 Å². The van der Waals surface area contributed by atoms with Gasteiger partial charge in [0.1, 0.15) is 0 Å². The fourth-order valence-corrected chi connectivity index (χ4v) is 2.46. The lowest BCUT2D eigenvalue weighted by Gasteiger charge is -2.19. The van der Waals surface area contributed by atoms with Crippen molar-refractivity contribution in [2.45, 2.75) is 25.3 Å². The number of allylic oxidation sites excluding steroid dienone is 2. The molecule has 0 N–H and O–H groups in total. The lowest BCUT2D eigenvalue weighted by molar-refractivity contribution is 0.387. The molecule has 4 heteroatoms. The van der Waals surface area contributed by atoms with Crippen molar-refractivity contribution in [3.63, 3.8) is 0 Å². The minimum atomic E-state index is -0.574. The Morgan fingerprint density at radius 2 is 2.06 bits per heavy atom. The Morgan fingerprint density at radius 3 is 2.83 bits per heavy atom. The van der Waals surface area contributed by atoms with Crippen LogP contribution in [0.3, 0.4) is 0 Å². The normalized spacial score (nSPS) is 19.2. The first-order valence-corrected chi connectivity index (χ1v) is 6.08. The first-order valence-electron chi connectivity index (χ1n) is 6.08. The zero-order valence-electron chi connectivity index (χ0n) is 9.83. The van der Waals surface area contributed by atoms with Gasteiger partial charge in [0.15, 0.2) is 0 Å². The Balaban J connectivity index is 2.34. The molecule has 2 aromatic rings. The van der Waals surface area contributed by atoms with Crippen molar-refractivity contribution in [3.05, 3.63) is 57.4 Å². The Kier molecular flexibility index (Phi) is 2.63. The number of hydrogen-bond acceptors (Lipinski definition) is 3. The van der Waals surface area contributed by atoms with Crippen LogP contribution in [0.5, 0.6) is 0 Å². The summed E-state index contributed by atoms with van der Waals surface area (Å²) >= 11 is 0. The van der Waals surface area contributed by atoms with Crippen LogP contribution in [0, 0.1) is 0 Å². The van der Waals surface area contributed by atoms with Crippen LogP contribution in [-0.4, -0.2) is 4.57 Å². The van der Waals surface area contributed by atoms with Gasteiger partial charge in [0.2, 0.25) is 0 Å². The Hall–Kier alpha value is -2.10. The van der Waals surface area contributed by atoms with Gasteiger partial charge in [-0.1, -0.05) is 24.3 Å². The number of fused-ring (bicyclic) bond motifs is 1. The second-order valence-electron chi connectivity index (χ2n) is 4.47. The summed E-state index contributed by atoms with van der Waals surface area (Å²) in [5, 5.41) is 0.455. The van der Waals surface area contributed by atoms with Gasteiger partial charge in [-0.05, 0) is 31.4 Å². The molecular formula is C14H13NO3. The molecule has 0 fully saturated rings. The topological polar surface area (TPSA) is 52.2 Å². The number of hydrogen-bond donors (Lipinski definition) is 0. The smallest absolute Gasteiger partial charge is 0.372 e. The maximum atomic E-state index is 11.9. The van der Waals surface area contributed by atoms with Gasteiger partial charge in [-0.2, -0.15) is 0 Å². The van der Waals surface area contributed by atoms with Crippen LogP contribution in [0.1, 0.15) is 25.3 Å². The van der Waals surface area contributed by atoms with Gasteiger partial charge in [-0.15, -0.1) is 0 Å². The molecule has 1 heterocycles. The van der Waals surface area contributed by atoms with Crippen LogP contribution < -0.4 is 11.4 Å². The molecule has 3 rings (SSSR count). The standard InChI is InChI=1S/C14H13NO3/c16-13-11-8-4-5-9-12(11)15(14(17)18-13)10-6-2-1-3-7-10/h2,4-6,8-10H,1,3,7H2. The molecule has 0 spiro atoms. The molecular weight excluding hydrogens is 230 g/mol. The van der Waals surface area contributed by atoms with E-state index in [4.69, 9.17) is 4.42 Å².